The fourth-order valence-electron chi connectivity index (χ4n) is 4.98. The number of aliphatic hydroxyl groups is 1. The molecule has 2 N–H and O–H groups in total. The average Bonchev–Trinajstić information content (AvgIpc) is 3.51. The molecule has 0 aliphatic heterocycles. The van der Waals surface area contributed by atoms with Gasteiger partial charge in [0.2, 0.25) is 11.8 Å². The molecular weight excluding hydrogens is 516 g/mol. The van der Waals surface area contributed by atoms with Crippen LogP contribution < -0.4 is 10.2 Å². The summed E-state index contributed by atoms with van der Waals surface area (Å²) in [6.07, 6.45) is 3.93. The highest BCUT2D eigenvalue weighted by molar-refractivity contribution is 6.35. The van der Waals surface area contributed by atoms with Crippen molar-refractivity contribution in [1.82, 2.24) is 24.5 Å². The number of pyridine rings is 1. The van der Waals surface area contributed by atoms with Gasteiger partial charge in [-0.2, -0.15) is 5.10 Å². The van der Waals surface area contributed by atoms with E-state index in [4.69, 9.17) is 11.6 Å². The number of anilines is 1. The summed E-state index contributed by atoms with van der Waals surface area (Å²) in [5.41, 5.74) is 4.79. The number of benzene rings is 2. The molecule has 3 heterocycles. The van der Waals surface area contributed by atoms with Crippen molar-refractivity contribution >= 4 is 45.7 Å². The van der Waals surface area contributed by atoms with E-state index in [1.54, 1.807) is 36.0 Å². The number of carbonyl (C=O) groups excluding carboxylic acids is 2. The van der Waals surface area contributed by atoms with Gasteiger partial charge in [-0.25, -0.2) is 9.50 Å². The summed E-state index contributed by atoms with van der Waals surface area (Å²) in [7, 11) is 1.68. The first-order valence-corrected chi connectivity index (χ1v) is 13.0. The van der Waals surface area contributed by atoms with Crippen molar-refractivity contribution in [3.8, 4) is 0 Å². The Morgan fingerprint density at radius 3 is 2.67 bits per heavy atom. The summed E-state index contributed by atoms with van der Waals surface area (Å²) >= 11 is 6.50. The zero-order chi connectivity index (χ0) is 27.5. The second-order valence-electron chi connectivity index (χ2n) is 9.41. The monoisotopic (exact) mass is 544 g/mol. The van der Waals surface area contributed by atoms with Gasteiger partial charge >= 0.3 is 0 Å². The number of rotatable bonds is 9. The number of nitrogens with one attached hydrogen (secondary N) is 1. The predicted molar refractivity (Wildman–Crippen MR) is 151 cm³/mol. The van der Waals surface area contributed by atoms with E-state index >= 15 is 0 Å². The molecule has 0 aliphatic rings. The van der Waals surface area contributed by atoms with Gasteiger partial charge < -0.3 is 19.9 Å². The van der Waals surface area contributed by atoms with Gasteiger partial charge in [0.15, 0.2) is 5.65 Å². The fourth-order valence-corrected chi connectivity index (χ4v) is 5.26. The number of aliphatic hydroxyl groups excluding tert-OH is 1. The molecule has 5 aromatic rings. The Morgan fingerprint density at radius 1 is 1.10 bits per heavy atom. The van der Waals surface area contributed by atoms with E-state index in [0.717, 1.165) is 27.7 Å². The van der Waals surface area contributed by atoms with Crippen LogP contribution in [0.1, 0.15) is 16.8 Å². The van der Waals surface area contributed by atoms with Crippen LogP contribution in [0.4, 0.5) is 5.69 Å². The number of hydrogen-bond acceptors (Lipinski definition) is 5. The van der Waals surface area contributed by atoms with Crippen molar-refractivity contribution in [2.24, 2.45) is 0 Å². The summed E-state index contributed by atoms with van der Waals surface area (Å²) < 4.78 is 3.48. The number of aromatic nitrogens is 4. The van der Waals surface area contributed by atoms with Crippen LogP contribution in [0.25, 0.3) is 16.6 Å². The van der Waals surface area contributed by atoms with E-state index in [9.17, 15) is 14.7 Å². The lowest BCUT2D eigenvalue weighted by molar-refractivity contribution is -0.127. The molecular formula is C29H29ClN6O3. The lowest BCUT2D eigenvalue weighted by atomic mass is 10.0. The van der Waals surface area contributed by atoms with Crippen molar-refractivity contribution in [1.29, 1.82) is 0 Å². The molecule has 0 saturated heterocycles. The Labute approximate surface area is 230 Å². The number of likely N-dealkylation sites (N-methyl/N-ethyl adjacent to an activating group) is 1. The number of hydrogen-bond donors (Lipinski definition) is 2. The molecule has 2 amide bonds. The summed E-state index contributed by atoms with van der Waals surface area (Å²) in [6.45, 7) is 1.88. The fraction of sp³-hybridized carbons (Fsp3) is 0.241. The van der Waals surface area contributed by atoms with Gasteiger partial charge in [0.25, 0.3) is 0 Å². The lowest BCUT2D eigenvalue weighted by Gasteiger charge is -2.25. The summed E-state index contributed by atoms with van der Waals surface area (Å²) in [5.74, 6) is -0.565. The van der Waals surface area contributed by atoms with Crippen LogP contribution >= 0.6 is 11.6 Å². The zero-order valence-corrected chi connectivity index (χ0v) is 22.5. The largest absolute Gasteiger partial charge is 0.396 e. The number of amides is 2. The topological polar surface area (TPSA) is 105 Å². The van der Waals surface area contributed by atoms with Crippen LogP contribution in [-0.4, -0.2) is 55.8 Å². The van der Waals surface area contributed by atoms with Gasteiger partial charge in [-0.05, 0) is 48.7 Å². The summed E-state index contributed by atoms with van der Waals surface area (Å²) in [5, 5.41) is 18.1. The summed E-state index contributed by atoms with van der Waals surface area (Å²) in [4.78, 5) is 32.9. The first kappa shape index (κ1) is 26.4. The van der Waals surface area contributed by atoms with Crippen molar-refractivity contribution in [2.45, 2.75) is 32.4 Å². The van der Waals surface area contributed by atoms with Gasteiger partial charge in [-0.15, -0.1) is 0 Å². The quantitative estimate of drug-likeness (QED) is 0.295. The molecule has 10 heteroatoms. The molecule has 0 bridgehead atoms. The minimum absolute atomic E-state index is 0.00129. The van der Waals surface area contributed by atoms with Gasteiger partial charge in [-0.1, -0.05) is 48.0 Å². The molecule has 3 aromatic heterocycles. The number of carbonyl (C=O) groups is 2. The van der Waals surface area contributed by atoms with Crippen LogP contribution in [-0.2, 0) is 29.0 Å². The van der Waals surface area contributed by atoms with E-state index in [1.165, 1.54) is 11.2 Å². The van der Waals surface area contributed by atoms with Crippen LogP contribution in [0, 0.1) is 6.92 Å². The van der Waals surface area contributed by atoms with Gasteiger partial charge in [0.1, 0.15) is 18.9 Å². The van der Waals surface area contributed by atoms with Gasteiger partial charge in [0, 0.05) is 31.2 Å². The first-order valence-electron chi connectivity index (χ1n) is 12.6. The first-order chi connectivity index (χ1) is 18.9. The number of fused-ring (bicyclic) bond motifs is 2. The molecule has 39 heavy (non-hydrogen) atoms. The SMILES string of the molecule is Cc1c(CCO)c2c(Cl)cccc2n1CC(=O)N[C@@H](Cc1ccccc1)C(=O)N(C)c1ccc2ncnn2c1. The Kier molecular flexibility index (Phi) is 7.63. The van der Waals surface area contributed by atoms with Crippen LogP contribution in [0.15, 0.2) is 73.2 Å². The maximum Gasteiger partial charge on any atom is 0.249 e. The minimum Gasteiger partial charge on any atom is -0.396 e. The third-order valence-electron chi connectivity index (χ3n) is 6.98. The highest BCUT2D eigenvalue weighted by atomic mass is 35.5. The second kappa shape index (κ2) is 11.3. The van der Waals surface area contributed by atoms with E-state index in [1.807, 2.05) is 54.0 Å². The molecule has 0 radical (unpaired) electrons. The zero-order valence-electron chi connectivity index (χ0n) is 21.7. The van der Waals surface area contributed by atoms with Crippen LogP contribution in [0.3, 0.4) is 0 Å². The molecule has 0 fully saturated rings. The Hall–Kier alpha value is -4.21. The molecule has 0 saturated carbocycles. The molecule has 0 spiro atoms. The average molecular weight is 545 g/mol. The lowest BCUT2D eigenvalue weighted by Crippen LogP contribution is -2.49. The van der Waals surface area contributed by atoms with Crippen molar-refractivity contribution in [3.63, 3.8) is 0 Å². The minimum atomic E-state index is -0.807. The molecule has 0 aliphatic carbocycles. The maximum absolute atomic E-state index is 13.7. The standard InChI is InChI=1S/C29H29ClN6O3/c1-19-22(13-14-37)28-23(30)9-6-10-25(28)35(19)17-27(38)33-24(15-20-7-4-3-5-8-20)29(39)34(2)21-11-12-26-31-18-32-36(26)16-21/h3-12,16,18,24,37H,13-15,17H2,1-2H3,(H,33,38)/t24-/m0/s1. The van der Waals surface area contributed by atoms with Crippen molar-refractivity contribution in [3.05, 3.63) is 95.0 Å². The third kappa shape index (κ3) is 5.36. The molecule has 5 rings (SSSR count). The smallest absolute Gasteiger partial charge is 0.249 e. The third-order valence-corrected chi connectivity index (χ3v) is 7.30. The Morgan fingerprint density at radius 2 is 1.90 bits per heavy atom. The van der Waals surface area contributed by atoms with E-state index in [2.05, 4.69) is 15.4 Å². The van der Waals surface area contributed by atoms with Gasteiger partial charge in [-0.3, -0.25) is 9.59 Å². The van der Waals surface area contributed by atoms with E-state index < -0.39 is 6.04 Å². The number of halogens is 1. The molecule has 9 nitrogen and oxygen atoms in total. The van der Waals surface area contributed by atoms with Crippen molar-refractivity contribution in [2.75, 3.05) is 18.6 Å². The number of nitrogens with zero attached hydrogens (tertiary/aromatic N) is 5. The normalized spacial score (nSPS) is 12.1. The highest BCUT2D eigenvalue weighted by Gasteiger charge is 2.27. The van der Waals surface area contributed by atoms with Gasteiger partial charge in [0.05, 0.1) is 22.4 Å². The van der Waals surface area contributed by atoms with E-state index in [-0.39, 0.29) is 25.0 Å². The highest BCUT2D eigenvalue weighted by Crippen LogP contribution is 2.32. The van der Waals surface area contributed by atoms with Crippen molar-refractivity contribution < 1.29 is 14.7 Å². The van der Waals surface area contributed by atoms with E-state index in [0.29, 0.717) is 29.2 Å². The maximum atomic E-state index is 13.7. The molecule has 0 unspecified atom stereocenters. The van der Waals surface area contributed by atoms with Crippen LogP contribution in [0.2, 0.25) is 5.02 Å². The summed E-state index contributed by atoms with van der Waals surface area (Å²) in [6, 6.07) is 17.9. The molecule has 200 valence electrons. The second-order valence-corrected chi connectivity index (χ2v) is 9.82. The Bertz CT molecular complexity index is 1650. The predicted octanol–water partition coefficient (Wildman–Crippen LogP) is 3.57. The molecule has 2 aromatic carbocycles. The molecule has 1 atom stereocenters. The van der Waals surface area contributed by atoms with Crippen LogP contribution in [0.5, 0.6) is 0 Å². The Balaban J connectivity index is 1.42.